The molecule has 0 saturated carbocycles. The van der Waals surface area contributed by atoms with Gasteiger partial charge in [-0.25, -0.2) is 0 Å². The lowest BCUT2D eigenvalue weighted by Crippen LogP contribution is -2.03. The van der Waals surface area contributed by atoms with Crippen LogP contribution in [0.4, 0.5) is 0 Å². The molecular weight excluding hydrogens is 440 g/mol. The summed E-state index contributed by atoms with van der Waals surface area (Å²) in [7, 11) is 0. The van der Waals surface area contributed by atoms with E-state index in [4.69, 9.17) is 31.8 Å². The summed E-state index contributed by atoms with van der Waals surface area (Å²) in [4.78, 5) is 0. The van der Waals surface area contributed by atoms with Crippen LogP contribution < -0.4 is 20.9 Å². The lowest BCUT2D eigenvalue weighted by atomic mass is 10.1. The first-order valence-corrected chi connectivity index (χ1v) is 11.9. The molecule has 166 valence electrons. The molecule has 0 fully saturated rings. The minimum atomic E-state index is 0.123. The Morgan fingerprint density at radius 1 is 0.562 bits per heavy atom. The summed E-state index contributed by atoms with van der Waals surface area (Å²) >= 11 is 2.61. The molecule has 3 aromatic carbocycles. The standard InChI is InChI=1S/C24H26N4O2S2/c25-23(26)31-15-19-5-9-21(10-6-19)29-13-17-1-2-18(4-3-17)14-30-22-11-7-20(8-12-22)16-32-24(27)28/h1-12H,13-16H2,(H3,25,26)(H3,27,28). The van der Waals surface area contributed by atoms with E-state index in [1.165, 1.54) is 23.5 Å². The monoisotopic (exact) mass is 466 g/mol. The van der Waals surface area contributed by atoms with Gasteiger partial charge >= 0.3 is 0 Å². The molecule has 0 heterocycles. The molecule has 0 aliphatic rings. The fourth-order valence-electron chi connectivity index (χ4n) is 2.75. The highest BCUT2D eigenvalue weighted by molar-refractivity contribution is 8.13. The van der Waals surface area contributed by atoms with Crippen molar-refractivity contribution in [3.05, 3.63) is 95.1 Å². The molecule has 8 heteroatoms. The van der Waals surface area contributed by atoms with Gasteiger partial charge < -0.3 is 20.9 Å². The van der Waals surface area contributed by atoms with Crippen molar-refractivity contribution >= 4 is 33.9 Å². The molecule has 0 aromatic heterocycles. The van der Waals surface area contributed by atoms with Gasteiger partial charge in [0.05, 0.1) is 0 Å². The van der Waals surface area contributed by atoms with Crippen molar-refractivity contribution in [2.45, 2.75) is 24.7 Å². The minimum absolute atomic E-state index is 0.123. The Bertz CT molecular complexity index is 939. The first-order valence-electron chi connectivity index (χ1n) is 9.93. The fraction of sp³-hybridized carbons (Fsp3) is 0.167. The summed E-state index contributed by atoms with van der Waals surface area (Å²) in [6.45, 7) is 0.977. The lowest BCUT2D eigenvalue weighted by molar-refractivity contribution is 0.302. The molecule has 3 rings (SSSR count). The summed E-state index contributed by atoms with van der Waals surface area (Å²) in [5.41, 5.74) is 15.1. The SMILES string of the molecule is N=C(N)SCc1ccc(OCc2ccc(COc3ccc(CSC(=N)N)cc3)cc2)cc1. The largest absolute Gasteiger partial charge is 0.489 e. The molecule has 3 aromatic rings. The molecule has 6 nitrogen and oxygen atoms in total. The zero-order chi connectivity index (χ0) is 22.8. The topological polar surface area (TPSA) is 118 Å². The van der Waals surface area contributed by atoms with E-state index < -0.39 is 0 Å². The third-order valence-corrected chi connectivity index (χ3v) is 6.05. The average molecular weight is 467 g/mol. The predicted molar refractivity (Wildman–Crippen MR) is 134 cm³/mol. The smallest absolute Gasteiger partial charge is 0.151 e. The Kier molecular flexibility index (Phi) is 8.89. The second-order valence-electron chi connectivity index (χ2n) is 6.99. The number of nitrogens with two attached hydrogens (primary N) is 2. The Balaban J connectivity index is 1.43. The molecule has 0 saturated heterocycles. The number of nitrogens with one attached hydrogen (secondary N) is 2. The van der Waals surface area contributed by atoms with Crippen LogP contribution in [0, 0.1) is 10.8 Å². The number of hydrogen-bond acceptors (Lipinski definition) is 6. The normalized spacial score (nSPS) is 10.5. The summed E-state index contributed by atoms with van der Waals surface area (Å²) in [6, 6.07) is 23.8. The van der Waals surface area contributed by atoms with Gasteiger partial charge in [0.25, 0.3) is 0 Å². The second-order valence-corrected chi connectivity index (χ2v) is 9.02. The van der Waals surface area contributed by atoms with E-state index in [-0.39, 0.29) is 10.3 Å². The quantitative estimate of drug-likeness (QED) is 0.244. The molecule has 0 amide bonds. The maximum Gasteiger partial charge on any atom is 0.151 e. The number of thioether (sulfide) groups is 2. The molecule has 6 N–H and O–H groups in total. The number of rotatable bonds is 10. The number of ether oxygens (including phenoxy) is 2. The van der Waals surface area contributed by atoms with Crippen LogP contribution in [0.2, 0.25) is 0 Å². The van der Waals surface area contributed by atoms with Crippen LogP contribution in [-0.4, -0.2) is 10.3 Å². The van der Waals surface area contributed by atoms with Gasteiger partial charge in [-0.3, -0.25) is 10.8 Å². The van der Waals surface area contributed by atoms with Crippen LogP contribution in [-0.2, 0) is 24.7 Å². The van der Waals surface area contributed by atoms with E-state index in [2.05, 4.69) is 0 Å². The van der Waals surface area contributed by atoms with Gasteiger partial charge in [-0.05, 0) is 46.5 Å². The van der Waals surface area contributed by atoms with Crippen LogP contribution in [0.25, 0.3) is 0 Å². The van der Waals surface area contributed by atoms with Gasteiger partial charge in [-0.1, -0.05) is 72.1 Å². The molecule has 32 heavy (non-hydrogen) atoms. The molecule has 0 aliphatic heterocycles. The highest BCUT2D eigenvalue weighted by Crippen LogP contribution is 2.19. The zero-order valence-electron chi connectivity index (χ0n) is 17.5. The van der Waals surface area contributed by atoms with E-state index in [0.717, 1.165) is 33.8 Å². The Morgan fingerprint density at radius 2 is 0.875 bits per heavy atom. The van der Waals surface area contributed by atoms with Crippen molar-refractivity contribution in [3.8, 4) is 11.5 Å². The first-order chi connectivity index (χ1) is 15.5. The van der Waals surface area contributed by atoms with E-state index in [1.54, 1.807) is 0 Å². The van der Waals surface area contributed by atoms with E-state index in [0.29, 0.717) is 24.7 Å². The maximum absolute atomic E-state index is 7.26. The molecule has 0 unspecified atom stereocenters. The van der Waals surface area contributed by atoms with Crippen molar-refractivity contribution in [3.63, 3.8) is 0 Å². The fourth-order valence-corrected chi connectivity index (χ4v) is 3.78. The van der Waals surface area contributed by atoms with E-state index in [1.807, 2.05) is 72.8 Å². The highest BCUT2D eigenvalue weighted by atomic mass is 32.2. The average Bonchev–Trinajstić information content (AvgIpc) is 2.80. The summed E-state index contributed by atoms with van der Waals surface area (Å²) in [5, 5.41) is 14.8. The second kappa shape index (κ2) is 12.1. The summed E-state index contributed by atoms with van der Waals surface area (Å²) in [6.07, 6.45) is 0. The maximum atomic E-state index is 7.26. The van der Waals surface area contributed by atoms with Crippen molar-refractivity contribution in [2.24, 2.45) is 11.5 Å². The van der Waals surface area contributed by atoms with Crippen molar-refractivity contribution < 1.29 is 9.47 Å². The van der Waals surface area contributed by atoms with Crippen LogP contribution in [0.15, 0.2) is 72.8 Å². The Labute approximate surface area is 196 Å². The molecule has 0 aliphatic carbocycles. The van der Waals surface area contributed by atoms with Crippen LogP contribution in [0.5, 0.6) is 11.5 Å². The summed E-state index contributed by atoms with van der Waals surface area (Å²) < 4.78 is 11.7. The Hall–Kier alpha value is -3.10. The van der Waals surface area contributed by atoms with Gasteiger partial charge in [0, 0.05) is 11.5 Å². The predicted octanol–water partition coefficient (Wildman–Crippen LogP) is 5.10. The van der Waals surface area contributed by atoms with Gasteiger partial charge in [-0.2, -0.15) is 0 Å². The van der Waals surface area contributed by atoms with Crippen molar-refractivity contribution in [1.82, 2.24) is 0 Å². The zero-order valence-corrected chi connectivity index (χ0v) is 19.2. The summed E-state index contributed by atoms with van der Waals surface area (Å²) in [5.74, 6) is 2.98. The third kappa shape index (κ3) is 8.20. The molecule has 0 radical (unpaired) electrons. The van der Waals surface area contributed by atoms with Crippen molar-refractivity contribution in [1.29, 1.82) is 10.8 Å². The minimum Gasteiger partial charge on any atom is -0.489 e. The number of amidine groups is 2. The molecule has 0 bridgehead atoms. The van der Waals surface area contributed by atoms with Gasteiger partial charge in [0.2, 0.25) is 0 Å². The van der Waals surface area contributed by atoms with Crippen molar-refractivity contribution in [2.75, 3.05) is 0 Å². The van der Waals surface area contributed by atoms with Gasteiger partial charge in [0.15, 0.2) is 10.3 Å². The Morgan fingerprint density at radius 3 is 1.19 bits per heavy atom. The van der Waals surface area contributed by atoms with Gasteiger partial charge in [-0.15, -0.1) is 0 Å². The number of benzene rings is 3. The van der Waals surface area contributed by atoms with Crippen LogP contribution in [0.1, 0.15) is 22.3 Å². The van der Waals surface area contributed by atoms with Crippen LogP contribution >= 0.6 is 23.5 Å². The molecule has 0 spiro atoms. The number of hydrogen-bond donors (Lipinski definition) is 4. The third-order valence-electron chi connectivity index (χ3n) is 4.47. The lowest BCUT2D eigenvalue weighted by Gasteiger charge is -2.10. The van der Waals surface area contributed by atoms with Gasteiger partial charge in [0.1, 0.15) is 24.7 Å². The van der Waals surface area contributed by atoms with Crippen LogP contribution in [0.3, 0.4) is 0 Å². The first kappa shape index (κ1) is 23.6. The molecule has 0 atom stereocenters. The van der Waals surface area contributed by atoms with E-state index in [9.17, 15) is 0 Å². The molecular formula is C24H26N4O2S2. The highest BCUT2D eigenvalue weighted by Gasteiger charge is 2.02. The van der Waals surface area contributed by atoms with E-state index >= 15 is 0 Å².